The number of rotatable bonds is 5. The molecule has 0 saturated carbocycles. The Hall–Kier alpha value is -2.02. The summed E-state index contributed by atoms with van der Waals surface area (Å²) in [5.41, 5.74) is 2.59. The van der Waals surface area contributed by atoms with Gasteiger partial charge in [-0.05, 0) is 26.0 Å². The van der Waals surface area contributed by atoms with E-state index >= 15 is 0 Å². The molecule has 0 fully saturated rings. The van der Waals surface area contributed by atoms with Crippen LogP contribution < -0.4 is 5.32 Å². The van der Waals surface area contributed by atoms with Crippen molar-refractivity contribution in [3.63, 3.8) is 0 Å². The van der Waals surface area contributed by atoms with Crippen molar-refractivity contribution in [1.29, 1.82) is 0 Å². The van der Waals surface area contributed by atoms with Crippen LogP contribution in [0, 0.1) is 6.92 Å². The van der Waals surface area contributed by atoms with Crippen molar-refractivity contribution >= 4 is 46.6 Å². The molecule has 0 saturated heterocycles. The molecule has 3 rings (SSSR count). The Balaban J connectivity index is 1.66. The number of H-pyrrole nitrogens is 1. The molecule has 2 N–H and O–H groups in total. The maximum Gasteiger partial charge on any atom is 0.237 e. The minimum atomic E-state index is -0.410. The Morgan fingerprint density at radius 3 is 2.65 bits per heavy atom. The number of hydrogen-bond acceptors (Lipinski definition) is 4. The highest BCUT2D eigenvalue weighted by Crippen LogP contribution is 2.30. The fourth-order valence-electron chi connectivity index (χ4n) is 2.19. The van der Waals surface area contributed by atoms with Gasteiger partial charge in [-0.3, -0.25) is 9.89 Å². The molecule has 26 heavy (non-hydrogen) atoms. The van der Waals surface area contributed by atoms with Crippen molar-refractivity contribution < 1.29 is 4.79 Å². The number of benzene rings is 2. The van der Waals surface area contributed by atoms with Gasteiger partial charge >= 0.3 is 0 Å². The van der Waals surface area contributed by atoms with Crippen molar-refractivity contribution in [2.75, 3.05) is 5.32 Å². The second-order valence-electron chi connectivity index (χ2n) is 5.68. The van der Waals surface area contributed by atoms with Crippen LogP contribution in [0.15, 0.2) is 47.6 Å². The zero-order valence-electron chi connectivity index (χ0n) is 14.1. The van der Waals surface area contributed by atoms with Gasteiger partial charge in [-0.25, -0.2) is 4.98 Å². The molecule has 1 aromatic heterocycles. The summed E-state index contributed by atoms with van der Waals surface area (Å²) in [6.45, 7) is 3.80. The van der Waals surface area contributed by atoms with Crippen LogP contribution in [0.1, 0.15) is 12.5 Å². The molecule has 0 aliphatic heterocycles. The molecule has 0 spiro atoms. The van der Waals surface area contributed by atoms with Crippen LogP contribution in [-0.2, 0) is 4.79 Å². The summed E-state index contributed by atoms with van der Waals surface area (Å²) in [6.07, 6.45) is 0. The number of nitrogens with one attached hydrogen (secondary N) is 2. The SMILES string of the molecule is Cc1ccc(-c2nc(SC(C)C(=O)Nc3cccc(Cl)c3Cl)n[nH]2)cc1. The van der Waals surface area contributed by atoms with Gasteiger partial charge in [0.25, 0.3) is 0 Å². The average Bonchev–Trinajstić information content (AvgIpc) is 3.08. The molecule has 0 radical (unpaired) electrons. The van der Waals surface area contributed by atoms with E-state index in [1.165, 1.54) is 17.3 Å². The molecule has 3 aromatic rings. The van der Waals surface area contributed by atoms with Gasteiger partial charge in [0.15, 0.2) is 5.82 Å². The lowest BCUT2D eigenvalue weighted by atomic mass is 10.1. The number of thioether (sulfide) groups is 1. The predicted octanol–water partition coefficient (Wildman–Crippen LogP) is 5.21. The number of carbonyl (C=O) groups is 1. The van der Waals surface area contributed by atoms with Crippen LogP contribution >= 0.6 is 35.0 Å². The number of aromatic nitrogens is 3. The minimum Gasteiger partial charge on any atom is -0.324 e. The molecule has 1 amide bonds. The van der Waals surface area contributed by atoms with Gasteiger partial charge in [0.2, 0.25) is 11.1 Å². The average molecular weight is 407 g/mol. The molecule has 1 atom stereocenters. The third-order valence-electron chi connectivity index (χ3n) is 3.65. The largest absolute Gasteiger partial charge is 0.324 e. The summed E-state index contributed by atoms with van der Waals surface area (Å²) in [5.74, 6) is 0.457. The fourth-order valence-corrected chi connectivity index (χ4v) is 3.26. The minimum absolute atomic E-state index is 0.208. The van der Waals surface area contributed by atoms with E-state index in [-0.39, 0.29) is 5.91 Å². The summed E-state index contributed by atoms with van der Waals surface area (Å²) in [6, 6.07) is 13.1. The Labute approximate surface area is 165 Å². The zero-order valence-corrected chi connectivity index (χ0v) is 16.4. The fraction of sp³-hybridized carbons (Fsp3) is 0.167. The predicted molar refractivity (Wildman–Crippen MR) is 107 cm³/mol. The molecule has 0 bridgehead atoms. The van der Waals surface area contributed by atoms with Gasteiger partial charge in [-0.2, -0.15) is 0 Å². The maximum atomic E-state index is 12.4. The monoisotopic (exact) mass is 406 g/mol. The lowest BCUT2D eigenvalue weighted by molar-refractivity contribution is -0.115. The van der Waals surface area contributed by atoms with E-state index in [9.17, 15) is 4.79 Å². The number of hydrogen-bond donors (Lipinski definition) is 2. The molecule has 5 nitrogen and oxygen atoms in total. The highest BCUT2D eigenvalue weighted by Gasteiger charge is 2.19. The first-order chi connectivity index (χ1) is 12.4. The van der Waals surface area contributed by atoms with Crippen molar-refractivity contribution in [3.8, 4) is 11.4 Å². The first-order valence-electron chi connectivity index (χ1n) is 7.85. The number of aryl methyl sites for hydroxylation is 1. The van der Waals surface area contributed by atoms with E-state index in [2.05, 4.69) is 20.5 Å². The summed E-state index contributed by atoms with van der Waals surface area (Å²) in [7, 11) is 0. The third-order valence-corrected chi connectivity index (χ3v) is 5.43. The quantitative estimate of drug-likeness (QED) is 0.570. The normalized spacial score (nSPS) is 12.0. The molecule has 1 heterocycles. The van der Waals surface area contributed by atoms with E-state index in [1.54, 1.807) is 25.1 Å². The van der Waals surface area contributed by atoms with Crippen LogP contribution in [0.3, 0.4) is 0 Å². The molecule has 1 unspecified atom stereocenters. The molecule has 134 valence electrons. The number of nitrogens with zero attached hydrogens (tertiary/aromatic N) is 2. The first-order valence-corrected chi connectivity index (χ1v) is 9.48. The second kappa shape index (κ2) is 8.12. The van der Waals surface area contributed by atoms with Crippen molar-refractivity contribution in [2.24, 2.45) is 0 Å². The molecule has 8 heteroatoms. The third kappa shape index (κ3) is 4.38. The van der Waals surface area contributed by atoms with E-state index < -0.39 is 5.25 Å². The van der Waals surface area contributed by atoms with Gasteiger partial charge in [0, 0.05) is 5.56 Å². The van der Waals surface area contributed by atoms with Crippen molar-refractivity contribution in [2.45, 2.75) is 24.3 Å². The second-order valence-corrected chi connectivity index (χ2v) is 7.78. The Kier molecular flexibility index (Phi) is 5.86. The lowest BCUT2D eigenvalue weighted by Gasteiger charge is -2.11. The Morgan fingerprint density at radius 2 is 1.92 bits per heavy atom. The molecular formula is C18H16Cl2N4OS. The molecular weight excluding hydrogens is 391 g/mol. The number of amides is 1. The highest BCUT2D eigenvalue weighted by molar-refractivity contribution is 8.00. The number of anilines is 1. The topological polar surface area (TPSA) is 70.7 Å². The van der Waals surface area contributed by atoms with Gasteiger partial charge in [0.1, 0.15) is 0 Å². The zero-order chi connectivity index (χ0) is 18.7. The van der Waals surface area contributed by atoms with Gasteiger partial charge in [-0.1, -0.05) is 70.9 Å². The summed E-state index contributed by atoms with van der Waals surface area (Å²) < 4.78 is 0. The highest BCUT2D eigenvalue weighted by atomic mass is 35.5. The Bertz CT molecular complexity index is 927. The van der Waals surface area contributed by atoms with Gasteiger partial charge < -0.3 is 5.32 Å². The molecule has 0 aliphatic carbocycles. The summed E-state index contributed by atoms with van der Waals surface area (Å²) in [4.78, 5) is 16.8. The van der Waals surface area contributed by atoms with Crippen molar-refractivity contribution in [3.05, 3.63) is 58.1 Å². The van der Waals surface area contributed by atoms with Crippen LogP contribution in [0.4, 0.5) is 5.69 Å². The van der Waals surface area contributed by atoms with E-state index in [4.69, 9.17) is 23.2 Å². The smallest absolute Gasteiger partial charge is 0.237 e. The molecule has 2 aromatic carbocycles. The summed E-state index contributed by atoms with van der Waals surface area (Å²) in [5, 5.41) is 10.6. The number of aromatic amines is 1. The maximum absolute atomic E-state index is 12.4. The van der Waals surface area contributed by atoms with Crippen molar-refractivity contribution in [1.82, 2.24) is 15.2 Å². The first kappa shape index (κ1) is 18.8. The van der Waals surface area contributed by atoms with Gasteiger partial charge in [-0.15, -0.1) is 5.10 Å². The molecule has 0 aliphatic rings. The van der Waals surface area contributed by atoms with Gasteiger partial charge in [0.05, 0.1) is 21.0 Å². The number of carbonyl (C=O) groups excluding carboxylic acids is 1. The van der Waals surface area contributed by atoms with Crippen LogP contribution in [0.5, 0.6) is 0 Å². The Morgan fingerprint density at radius 1 is 1.19 bits per heavy atom. The van der Waals surface area contributed by atoms with Crippen LogP contribution in [-0.4, -0.2) is 26.3 Å². The van der Waals surface area contributed by atoms with Crippen LogP contribution in [0.2, 0.25) is 10.0 Å². The standard InChI is InChI=1S/C18H16Cl2N4OS/c1-10-6-8-12(9-7-10)16-22-18(24-23-16)26-11(2)17(25)21-14-5-3-4-13(19)15(14)20/h3-9,11H,1-2H3,(H,21,25)(H,22,23,24). The lowest BCUT2D eigenvalue weighted by Crippen LogP contribution is -2.22. The van der Waals surface area contributed by atoms with E-state index in [0.717, 1.165) is 5.56 Å². The van der Waals surface area contributed by atoms with E-state index in [1.807, 2.05) is 31.2 Å². The van der Waals surface area contributed by atoms with E-state index in [0.29, 0.717) is 26.7 Å². The van der Waals surface area contributed by atoms with Crippen LogP contribution in [0.25, 0.3) is 11.4 Å². The summed E-state index contributed by atoms with van der Waals surface area (Å²) >= 11 is 13.3. The number of halogens is 2.